The van der Waals surface area contributed by atoms with E-state index >= 15 is 0 Å². The highest BCUT2D eigenvalue weighted by Gasteiger charge is 2.18. The third-order valence-electron chi connectivity index (χ3n) is 6.18. The maximum atomic E-state index is 12.8. The standard InChI is InChI=1S/C25H28N6O4S/c1-34-20-9-5-8-19(14-20)31-36(32,33)21-12-10-18(11-13-21)28-25-29-23-22(26-16-27-23)24(30-25)35-15-17-6-3-2-4-7-17/h5,8-14,16-17,31H,2-4,6-7,15H2,1H3,(H2,26,27,28,29,30). The van der Waals surface area contributed by atoms with Gasteiger partial charge in [-0.25, -0.2) is 13.4 Å². The van der Waals surface area contributed by atoms with E-state index in [1.807, 2.05) is 0 Å². The first-order valence-electron chi connectivity index (χ1n) is 11.9. The molecule has 4 aromatic rings. The molecule has 11 heteroatoms. The lowest BCUT2D eigenvalue weighted by Crippen LogP contribution is -2.16. The van der Waals surface area contributed by atoms with Crippen molar-refractivity contribution < 1.29 is 17.9 Å². The highest BCUT2D eigenvalue weighted by Crippen LogP contribution is 2.28. The lowest BCUT2D eigenvalue weighted by atomic mass is 9.90. The van der Waals surface area contributed by atoms with Gasteiger partial charge in [0, 0.05) is 11.8 Å². The molecule has 3 N–H and O–H groups in total. The minimum Gasteiger partial charge on any atom is -0.497 e. The average molecular weight is 509 g/mol. The fourth-order valence-electron chi connectivity index (χ4n) is 4.26. The second-order valence-electron chi connectivity index (χ2n) is 8.76. The highest BCUT2D eigenvalue weighted by atomic mass is 32.2. The minimum atomic E-state index is -3.77. The molecule has 5 rings (SSSR count). The molecule has 0 aliphatic heterocycles. The molecule has 10 nitrogen and oxygen atoms in total. The van der Waals surface area contributed by atoms with Crippen LogP contribution in [0.3, 0.4) is 0 Å². The zero-order valence-corrected chi connectivity index (χ0v) is 20.7. The van der Waals surface area contributed by atoms with Crippen molar-refractivity contribution in [1.29, 1.82) is 0 Å². The van der Waals surface area contributed by atoms with E-state index in [-0.39, 0.29) is 4.90 Å². The van der Waals surface area contributed by atoms with Gasteiger partial charge in [-0.2, -0.15) is 9.97 Å². The summed E-state index contributed by atoms with van der Waals surface area (Å²) < 4.78 is 39.4. The molecule has 2 heterocycles. The van der Waals surface area contributed by atoms with E-state index in [1.54, 1.807) is 42.7 Å². The number of hydrogen-bond acceptors (Lipinski definition) is 8. The van der Waals surface area contributed by atoms with Crippen LogP contribution in [0.4, 0.5) is 17.3 Å². The fraction of sp³-hybridized carbons (Fsp3) is 0.320. The number of benzene rings is 2. The Morgan fingerprint density at radius 1 is 1.03 bits per heavy atom. The number of aromatic nitrogens is 4. The molecular weight excluding hydrogens is 480 g/mol. The van der Waals surface area contributed by atoms with Crippen LogP contribution in [-0.2, 0) is 10.0 Å². The largest absolute Gasteiger partial charge is 0.497 e. The smallest absolute Gasteiger partial charge is 0.261 e. The van der Waals surface area contributed by atoms with Crippen LogP contribution in [0.5, 0.6) is 11.6 Å². The first kappa shape index (κ1) is 23.9. The molecule has 2 aromatic heterocycles. The number of sulfonamides is 1. The van der Waals surface area contributed by atoms with E-state index in [1.165, 1.54) is 51.3 Å². The van der Waals surface area contributed by atoms with Gasteiger partial charge in [-0.15, -0.1) is 0 Å². The van der Waals surface area contributed by atoms with E-state index in [0.29, 0.717) is 52.6 Å². The molecule has 1 aliphatic rings. The number of hydrogen-bond donors (Lipinski definition) is 3. The van der Waals surface area contributed by atoms with E-state index < -0.39 is 10.0 Å². The molecule has 0 amide bonds. The Bertz CT molecular complexity index is 1430. The number of aromatic amines is 1. The van der Waals surface area contributed by atoms with Gasteiger partial charge < -0.3 is 19.8 Å². The van der Waals surface area contributed by atoms with Crippen LogP contribution in [0.25, 0.3) is 11.2 Å². The van der Waals surface area contributed by atoms with E-state index in [2.05, 4.69) is 30.0 Å². The van der Waals surface area contributed by atoms with Gasteiger partial charge in [0.25, 0.3) is 10.0 Å². The number of ether oxygens (including phenoxy) is 2. The van der Waals surface area contributed by atoms with Crippen LogP contribution in [0, 0.1) is 5.92 Å². The summed E-state index contributed by atoms with van der Waals surface area (Å²) in [4.78, 5) is 16.4. The third kappa shape index (κ3) is 5.51. The molecule has 1 aliphatic carbocycles. The van der Waals surface area contributed by atoms with Crippen molar-refractivity contribution in [3.8, 4) is 11.6 Å². The van der Waals surface area contributed by atoms with Crippen LogP contribution in [0.2, 0.25) is 0 Å². The van der Waals surface area contributed by atoms with Gasteiger partial charge in [0.15, 0.2) is 5.65 Å². The molecule has 0 radical (unpaired) electrons. The van der Waals surface area contributed by atoms with Gasteiger partial charge >= 0.3 is 0 Å². The summed E-state index contributed by atoms with van der Waals surface area (Å²) in [5.74, 6) is 1.86. The van der Waals surface area contributed by atoms with E-state index in [4.69, 9.17) is 9.47 Å². The monoisotopic (exact) mass is 508 g/mol. The van der Waals surface area contributed by atoms with Crippen LogP contribution < -0.4 is 19.5 Å². The van der Waals surface area contributed by atoms with Gasteiger partial charge in [-0.1, -0.05) is 25.3 Å². The van der Waals surface area contributed by atoms with Crippen molar-refractivity contribution in [3.63, 3.8) is 0 Å². The van der Waals surface area contributed by atoms with E-state index in [9.17, 15) is 8.42 Å². The quantitative estimate of drug-likeness (QED) is 0.292. The summed E-state index contributed by atoms with van der Waals surface area (Å²) in [6.07, 6.45) is 7.68. The molecule has 1 saturated carbocycles. The lowest BCUT2D eigenvalue weighted by molar-refractivity contribution is 0.205. The number of anilines is 3. The number of imidazole rings is 1. The highest BCUT2D eigenvalue weighted by molar-refractivity contribution is 7.92. The van der Waals surface area contributed by atoms with Crippen molar-refractivity contribution in [2.45, 2.75) is 37.0 Å². The van der Waals surface area contributed by atoms with E-state index in [0.717, 1.165) is 0 Å². The molecule has 2 aromatic carbocycles. The molecule has 0 unspecified atom stereocenters. The fourth-order valence-corrected chi connectivity index (χ4v) is 5.31. The first-order valence-corrected chi connectivity index (χ1v) is 13.4. The molecule has 0 bridgehead atoms. The predicted molar refractivity (Wildman–Crippen MR) is 137 cm³/mol. The Morgan fingerprint density at radius 2 is 1.83 bits per heavy atom. The second-order valence-corrected chi connectivity index (χ2v) is 10.4. The zero-order chi connectivity index (χ0) is 25.0. The normalized spacial score (nSPS) is 14.5. The van der Waals surface area contributed by atoms with Crippen molar-refractivity contribution in [1.82, 2.24) is 19.9 Å². The Hall–Kier alpha value is -3.86. The SMILES string of the molecule is COc1cccc(NS(=O)(=O)c2ccc(Nc3nc(OCC4CCCCC4)c4[nH]cnc4n3)cc2)c1. The minimum absolute atomic E-state index is 0.121. The molecule has 36 heavy (non-hydrogen) atoms. The number of nitrogens with one attached hydrogen (secondary N) is 3. The zero-order valence-electron chi connectivity index (χ0n) is 19.9. The van der Waals surface area contributed by atoms with Crippen LogP contribution >= 0.6 is 0 Å². The van der Waals surface area contributed by atoms with Crippen LogP contribution in [0.15, 0.2) is 59.8 Å². The third-order valence-corrected chi connectivity index (χ3v) is 7.57. The first-order chi connectivity index (χ1) is 17.5. The van der Waals surface area contributed by atoms with Crippen LogP contribution in [0.1, 0.15) is 32.1 Å². The van der Waals surface area contributed by atoms with Gasteiger partial charge in [0.1, 0.15) is 11.3 Å². The predicted octanol–water partition coefficient (Wildman–Crippen LogP) is 4.87. The number of nitrogens with zero attached hydrogens (tertiary/aromatic N) is 3. The molecule has 0 saturated heterocycles. The summed E-state index contributed by atoms with van der Waals surface area (Å²) in [5.41, 5.74) is 2.19. The number of rotatable bonds is 9. The Balaban J connectivity index is 1.30. The lowest BCUT2D eigenvalue weighted by Gasteiger charge is -2.21. The molecule has 188 valence electrons. The maximum Gasteiger partial charge on any atom is 0.261 e. The maximum absolute atomic E-state index is 12.8. The van der Waals surface area contributed by atoms with Crippen molar-refractivity contribution in [3.05, 3.63) is 54.9 Å². The summed E-state index contributed by atoms with van der Waals surface area (Å²) in [6.45, 7) is 0.609. The second kappa shape index (κ2) is 10.4. The summed E-state index contributed by atoms with van der Waals surface area (Å²) >= 11 is 0. The van der Waals surface area contributed by atoms with Crippen molar-refractivity contribution in [2.24, 2.45) is 5.92 Å². The van der Waals surface area contributed by atoms with Crippen molar-refractivity contribution >= 4 is 38.5 Å². The molecule has 0 spiro atoms. The van der Waals surface area contributed by atoms with Crippen LogP contribution in [-0.4, -0.2) is 42.1 Å². The number of fused-ring (bicyclic) bond motifs is 1. The van der Waals surface area contributed by atoms with Gasteiger partial charge in [0.05, 0.1) is 30.6 Å². The molecular formula is C25H28N6O4S. The number of H-pyrrole nitrogens is 1. The van der Waals surface area contributed by atoms with Crippen molar-refractivity contribution in [2.75, 3.05) is 23.8 Å². The van der Waals surface area contributed by atoms with Gasteiger partial charge in [-0.3, -0.25) is 4.72 Å². The summed E-state index contributed by atoms with van der Waals surface area (Å²) in [7, 11) is -2.25. The molecule has 1 fully saturated rings. The Morgan fingerprint density at radius 3 is 2.61 bits per heavy atom. The van der Waals surface area contributed by atoms with Gasteiger partial charge in [0.2, 0.25) is 11.8 Å². The average Bonchev–Trinajstić information content (AvgIpc) is 3.37. The number of methoxy groups -OCH3 is 1. The molecule has 0 atom stereocenters. The summed E-state index contributed by atoms with van der Waals surface area (Å²) in [6, 6.07) is 13.1. The Labute approximate surface area is 209 Å². The van der Waals surface area contributed by atoms with Gasteiger partial charge in [-0.05, 0) is 55.2 Å². The summed E-state index contributed by atoms with van der Waals surface area (Å²) in [5, 5.41) is 3.12. The Kier molecular flexibility index (Phi) is 6.90. The topological polar surface area (TPSA) is 131 Å².